The maximum atomic E-state index is 5.55. The van der Waals surface area contributed by atoms with E-state index in [1.54, 1.807) is 0 Å². The molecule has 0 unspecified atom stereocenters. The van der Waals surface area contributed by atoms with Gasteiger partial charge in [0.1, 0.15) is 0 Å². The van der Waals surface area contributed by atoms with E-state index < -0.39 is 0 Å². The molecule has 2 N–H and O–H groups in total. The van der Waals surface area contributed by atoms with Crippen molar-refractivity contribution in [2.24, 2.45) is 5.73 Å². The van der Waals surface area contributed by atoms with Crippen molar-refractivity contribution in [3.63, 3.8) is 0 Å². The molecule has 0 aromatic carbocycles. The second kappa shape index (κ2) is 4.98. The van der Waals surface area contributed by atoms with Crippen LogP contribution in [-0.2, 0) is 6.42 Å². The first kappa shape index (κ1) is 12.3. The highest BCUT2D eigenvalue weighted by atomic mass is 79.9. The summed E-state index contributed by atoms with van der Waals surface area (Å²) in [7, 11) is 0. The summed E-state index contributed by atoms with van der Waals surface area (Å²) in [6.07, 6.45) is 4.49. The zero-order chi connectivity index (χ0) is 12.4. The van der Waals surface area contributed by atoms with Crippen molar-refractivity contribution in [2.75, 3.05) is 6.54 Å². The minimum absolute atomic E-state index is 0.631. The third-order valence-corrected chi connectivity index (χ3v) is 3.81. The van der Waals surface area contributed by atoms with Gasteiger partial charge in [-0.25, -0.2) is 4.68 Å². The van der Waals surface area contributed by atoms with Crippen molar-refractivity contribution in [3.8, 4) is 5.69 Å². The van der Waals surface area contributed by atoms with E-state index in [1.807, 2.05) is 30.9 Å². The van der Waals surface area contributed by atoms with Crippen LogP contribution in [0, 0.1) is 13.8 Å². The Morgan fingerprint density at radius 2 is 2.12 bits per heavy atom. The summed E-state index contributed by atoms with van der Waals surface area (Å²) in [5.41, 5.74) is 9.71. The quantitative estimate of drug-likeness (QED) is 0.944. The predicted molar refractivity (Wildman–Crippen MR) is 71.3 cm³/mol. The minimum Gasteiger partial charge on any atom is -0.330 e. The summed E-state index contributed by atoms with van der Waals surface area (Å²) >= 11 is 3.52. The van der Waals surface area contributed by atoms with Gasteiger partial charge in [-0.15, -0.1) is 0 Å². The van der Waals surface area contributed by atoms with E-state index >= 15 is 0 Å². The van der Waals surface area contributed by atoms with Gasteiger partial charge in [-0.1, -0.05) is 0 Å². The van der Waals surface area contributed by atoms with Gasteiger partial charge >= 0.3 is 0 Å². The van der Waals surface area contributed by atoms with Gasteiger partial charge in [0, 0.05) is 6.20 Å². The molecule has 0 aliphatic rings. The second-order valence-electron chi connectivity index (χ2n) is 3.99. The summed E-state index contributed by atoms with van der Waals surface area (Å²) in [6.45, 7) is 4.64. The Kier molecular flexibility index (Phi) is 3.59. The molecule has 17 heavy (non-hydrogen) atoms. The molecular weight excluding hydrogens is 280 g/mol. The van der Waals surface area contributed by atoms with Crippen LogP contribution in [-0.4, -0.2) is 21.3 Å². The molecule has 4 nitrogen and oxygen atoms in total. The van der Waals surface area contributed by atoms with Crippen molar-refractivity contribution in [1.29, 1.82) is 0 Å². The Morgan fingerprint density at radius 3 is 2.71 bits per heavy atom. The summed E-state index contributed by atoms with van der Waals surface area (Å²) in [5, 5.41) is 4.48. The van der Waals surface area contributed by atoms with Crippen LogP contribution >= 0.6 is 15.9 Å². The number of hydrogen-bond donors (Lipinski definition) is 1. The first-order valence-corrected chi connectivity index (χ1v) is 6.29. The molecule has 2 aromatic heterocycles. The fraction of sp³-hybridized carbons (Fsp3) is 0.333. The van der Waals surface area contributed by atoms with Crippen molar-refractivity contribution in [3.05, 3.63) is 39.9 Å². The van der Waals surface area contributed by atoms with Gasteiger partial charge in [0.2, 0.25) is 0 Å². The van der Waals surface area contributed by atoms with E-state index in [0.29, 0.717) is 6.54 Å². The van der Waals surface area contributed by atoms with Gasteiger partial charge in [0.25, 0.3) is 0 Å². The molecule has 0 fully saturated rings. The average Bonchev–Trinajstić information content (AvgIpc) is 2.58. The average molecular weight is 295 g/mol. The number of halogens is 1. The smallest absolute Gasteiger partial charge is 0.0835 e. The van der Waals surface area contributed by atoms with Crippen molar-refractivity contribution < 1.29 is 0 Å². The molecule has 0 spiro atoms. The lowest BCUT2D eigenvalue weighted by Crippen LogP contribution is -2.05. The van der Waals surface area contributed by atoms with Crippen LogP contribution in [0.3, 0.4) is 0 Å². The molecule has 0 saturated carbocycles. The molecule has 0 atom stereocenters. The van der Waals surface area contributed by atoms with Crippen molar-refractivity contribution in [2.45, 2.75) is 20.3 Å². The lowest BCUT2D eigenvalue weighted by atomic mass is 10.2. The van der Waals surface area contributed by atoms with Gasteiger partial charge in [-0.05, 0) is 54.4 Å². The van der Waals surface area contributed by atoms with Crippen LogP contribution in [0.25, 0.3) is 5.69 Å². The largest absolute Gasteiger partial charge is 0.330 e. The van der Waals surface area contributed by atoms with Crippen LogP contribution in [0.2, 0.25) is 0 Å². The number of rotatable bonds is 3. The van der Waals surface area contributed by atoms with Crippen molar-refractivity contribution in [1.82, 2.24) is 14.8 Å². The Bertz CT molecular complexity index is 533. The van der Waals surface area contributed by atoms with Crippen LogP contribution in [0.1, 0.15) is 17.0 Å². The second-order valence-corrected chi connectivity index (χ2v) is 4.78. The van der Waals surface area contributed by atoms with Gasteiger partial charge in [0.15, 0.2) is 0 Å². The summed E-state index contributed by atoms with van der Waals surface area (Å²) in [4.78, 5) is 4.23. The normalized spacial score (nSPS) is 10.8. The fourth-order valence-corrected chi connectivity index (χ4v) is 2.02. The molecule has 90 valence electrons. The van der Waals surface area contributed by atoms with E-state index in [2.05, 4.69) is 32.1 Å². The maximum absolute atomic E-state index is 5.55. The Labute approximate surface area is 109 Å². The number of aromatic nitrogens is 3. The zero-order valence-corrected chi connectivity index (χ0v) is 11.5. The first-order valence-electron chi connectivity index (χ1n) is 5.49. The molecule has 2 aromatic rings. The van der Waals surface area contributed by atoms with Gasteiger partial charge in [0.05, 0.1) is 27.7 Å². The predicted octanol–water partition coefficient (Wildman–Crippen LogP) is 2.15. The summed E-state index contributed by atoms with van der Waals surface area (Å²) < 4.78 is 2.94. The van der Waals surface area contributed by atoms with E-state index in [0.717, 1.165) is 33.5 Å². The molecule has 0 aliphatic carbocycles. The summed E-state index contributed by atoms with van der Waals surface area (Å²) in [6, 6.07) is 2.08. The Balaban J connectivity index is 2.45. The van der Waals surface area contributed by atoms with E-state index in [9.17, 15) is 0 Å². The third kappa shape index (κ3) is 2.40. The minimum atomic E-state index is 0.631. The van der Waals surface area contributed by atoms with Crippen LogP contribution in [0.15, 0.2) is 22.9 Å². The van der Waals surface area contributed by atoms with E-state index in [1.165, 1.54) is 0 Å². The number of nitrogens with zero attached hydrogens (tertiary/aromatic N) is 3. The highest BCUT2D eigenvalue weighted by molar-refractivity contribution is 9.10. The monoisotopic (exact) mass is 294 g/mol. The van der Waals surface area contributed by atoms with Gasteiger partial charge in [-0.3, -0.25) is 4.98 Å². The lowest BCUT2D eigenvalue weighted by molar-refractivity contribution is 0.823. The third-order valence-electron chi connectivity index (χ3n) is 2.66. The molecule has 0 amide bonds. The molecule has 0 saturated heterocycles. The molecule has 2 heterocycles. The van der Waals surface area contributed by atoms with Crippen LogP contribution in [0.4, 0.5) is 0 Å². The number of aryl methyl sites for hydroxylation is 1. The van der Waals surface area contributed by atoms with E-state index in [-0.39, 0.29) is 0 Å². The van der Waals surface area contributed by atoms with Crippen LogP contribution in [0.5, 0.6) is 0 Å². The SMILES string of the molecule is Cc1nn(-c2cncc(CCN)c2)c(C)c1Br. The number of nitrogens with two attached hydrogens (primary N) is 1. The highest BCUT2D eigenvalue weighted by Gasteiger charge is 2.10. The Hall–Kier alpha value is -1.20. The standard InChI is InChI=1S/C12H15BrN4/c1-8-12(13)9(2)17(16-8)11-5-10(3-4-14)6-15-7-11/h5-7H,3-4,14H2,1-2H3. The highest BCUT2D eigenvalue weighted by Crippen LogP contribution is 2.22. The van der Waals surface area contributed by atoms with Crippen molar-refractivity contribution >= 4 is 15.9 Å². The van der Waals surface area contributed by atoms with Gasteiger partial charge < -0.3 is 5.73 Å². The topological polar surface area (TPSA) is 56.7 Å². The molecular formula is C12H15BrN4. The van der Waals surface area contributed by atoms with E-state index in [4.69, 9.17) is 5.73 Å². The molecule has 5 heteroatoms. The molecule has 0 aliphatic heterocycles. The molecule has 2 rings (SSSR count). The molecule has 0 radical (unpaired) electrons. The fourth-order valence-electron chi connectivity index (χ4n) is 1.77. The first-order chi connectivity index (χ1) is 8.13. The lowest BCUT2D eigenvalue weighted by Gasteiger charge is -2.06. The molecule has 0 bridgehead atoms. The summed E-state index contributed by atoms with van der Waals surface area (Å²) in [5.74, 6) is 0. The zero-order valence-electron chi connectivity index (χ0n) is 9.94. The maximum Gasteiger partial charge on any atom is 0.0835 e. The van der Waals surface area contributed by atoms with Crippen LogP contribution < -0.4 is 5.73 Å². The van der Waals surface area contributed by atoms with Gasteiger partial charge in [-0.2, -0.15) is 5.10 Å². The number of hydrogen-bond acceptors (Lipinski definition) is 3. The number of pyridine rings is 1. The Morgan fingerprint density at radius 1 is 1.35 bits per heavy atom.